The second-order valence-electron chi connectivity index (χ2n) is 4.52. The fourth-order valence-electron chi connectivity index (χ4n) is 1.65. The van der Waals surface area contributed by atoms with Gasteiger partial charge in [0.15, 0.2) is 0 Å². The lowest BCUT2D eigenvalue weighted by molar-refractivity contribution is -0.146. The van der Waals surface area contributed by atoms with Crippen molar-refractivity contribution in [2.45, 2.75) is 39.8 Å². The number of rotatable bonds is 5. The fraction of sp³-hybridized carbons (Fsp3) is 0.500. The van der Waals surface area contributed by atoms with Gasteiger partial charge in [0.2, 0.25) is 0 Å². The van der Waals surface area contributed by atoms with Crippen LogP contribution in [0, 0.1) is 12.7 Å². The zero-order chi connectivity index (χ0) is 13.7. The first-order chi connectivity index (χ1) is 8.45. The molecule has 0 aliphatic heterocycles. The highest BCUT2D eigenvalue weighted by molar-refractivity contribution is 5.77. The van der Waals surface area contributed by atoms with Gasteiger partial charge in [-0.25, -0.2) is 9.18 Å². The molecule has 0 bridgehead atoms. The number of carbonyl (C=O) groups excluding carboxylic acids is 1. The summed E-state index contributed by atoms with van der Waals surface area (Å²) in [5.41, 5.74) is 1.15. The molecule has 1 N–H and O–H groups in total. The first-order valence-electron chi connectivity index (χ1n) is 6.14. The van der Waals surface area contributed by atoms with Crippen molar-refractivity contribution in [2.24, 2.45) is 0 Å². The van der Waals surface area contributed by atoms with Crippen molar-refractivity contribution in [2.75, 3.05) is 6.61 Å². The number of aryl methyl sites for hydroxylation is 1. The Labute approximate surface area is 107 Å². The second kappa shape index (κ2) is 6.50. The Bertz CT molecular complexity index is 418. The van der Waals surface area contributed by atoms with Gasteiger partial charge in [-0.15, -0.1) is 0 Å². The van der Waals surface area contributed by atoms with Crippen LogP contribution in [-0.4, -0.2) is 18.6 Å². The highest BCUT2D eigenvalue weighted by atomic mass is 19.1. The molecule has 1 aromatic rings. The van der Waals surface area contributed by atoms with Crippen molar-refractivity contribution in [3.05, 3.63) is 35.1 Å². The number of nitrogens with one attached hydrogen (secondary N) is 1. The van der Waals surface area contributed by atoms with E-state index in [1.54, 1.807) is 26.0 Å². The molecular formula is C14H20FNO2. The molecule has 18 heavy (non-hydrogen) atoms. The molecule has 0 amide bonds. The maximum Gasteiger partial charge on any atom is 0.327 e. The number of hydrogen-bond donors (Lipinski definition) is 1. The molecule has 1 atom stereocenters. The minimum absolute atomic E-state index is 0.101. The van der Waals surface area contributed by atoms with Crippen molar-refractivity contribution in [1.29, 1.82) is 0 Å². The molecule has 0 saturated carbocycles. The van der Waals surface area contributed by atoms with E-state index in [0.717, 1.165) is 0 Å². The number of hydrogen-bond acceptors (Lipinski definition) is 3. The van der Waals surface area contributed by atoms with Crippen LogP contribution < -0.4 is 5.32 Å². The molecule has 0 spiro atoms. The van der Waals surface area contributed by atoms with E-state index in [9.17, 15) is 9.18 Å². The Morgan fingerprint density at radius 2 is 2.11 bits per heavy atom. The number of esters is 1. The third kappa shape index (κ3) is 3.81. The van der Waals surface area contributed by atoms with Crippen LogP contribution in [0.2, 0.25) is 0 Å². The molecule has 0 aliphatic rings. The normalized spacial score (nSPS) is 12.6. The molecule has 0 radical (unpaired) electrons. The summed E-state index contributed by atoms with van der Waals surface area (Å²) in [5, 5.41) is 3.09. The van der Waals surface area contributed by atoms with E-state index >= 15 is 0 Å². The van der Waals surface area contributed by atoms with Gasteiger partial charge in [-0.1, -0.05) is 12.1 Å². The van der Waals surface area contributed by atoms with Crippen LogP contribution in [0.25, 0.3) is 0 Å². The summed E-state index contributed by atoms with van der Waals surface area (Å²) in [6.45, 7) is 7.60. The van der Waals surface area contributed by atoms with Crippen molar-refractivity contribution < 1.29 is 13.9 Å². The molecule has 1 unspecified atom stereocenters. The van der Waals surface area contributed by atoms with E-state index in [2.05, 4.69) is 5.32 Å². The Balaban J connectivity index is 3.00. The van der Waals surface area contributed by atoms with Gasteiger partial charge in [-0.3, -0.25) is 5.32 Å². The van der Waals surface area contributed by atoms with Gasteiger partial charge in [0.25, 0.3) is 0 Å². The predicted octanol–water partition coefficient (Wildman–Crippen LogP) is 2.74. The maximum atomic E-state index is 13.5. The Hall–Kier alpha value is -1.42. The Kier molecular flexibility index (Phi) is 5.28. The molecule has 0 fully saturated rings. The molecule has 4 heteroatoms. The van der Waals surface area contributed by atoms with Crippen molar-refractivity contribution in [3.63, 3.8) is 0 Å². The van der Waals surface area contributed by atoms with Crippen LogP contribution in [0.15, 0.2) is 18.2 Å². The molecule has 0 heterocycles. The van der Waals surface area contributed by atoms with Gasteiger partial charge < -0.3 is 4.74 Å². The fourth-order valence-corrected chi connectivity index (χ4v) is 1.65. The summed E-state index contributed by atoms with van der Waals surface area (Å²) in [5.74, 6) is -0.693. The van der Waals surface area contributed by atoms with Gasteiger partial charge in [-0.2, -0.15) is 0 Å². The molecule has 0 aliphatic carbocycles. The van der Waals surface area contributed by atoms with E-state index < -0.39 is 6.04 Å². The highest BCUT2D eigenvalue weighted by Crippen LogP contribution is 2.18. The molecule has 1 aromatic carbocycles. The Morgan fingerprint density at radius 1 is 1.44 bits per heavy atom. The van der Waals surface area contributed by atoms with Crippen molar-refractivity contribution >= 4 is 5.97 Å². The van der Waals surface area contributed by atoms with E-state index in [0.29, 0.717) is 17.7 Å². The number of halogens is 1. The smallest absolute Gasteiger partial charge is 0.327 e. The highest BCUT2D eigenvalue weighted by Gasteiger charge is 2.23. The minimum atomic E-state index is -0.625. The first kappa shape index (κ1) is 14.6. The van der Waals surface area contributed by atoms with Gasteiger partial charge in [0.1, 0.15) is 11.9 Å². The van der Waals surface area contributed by atoms with Crippen LogP contribution in [-0.2, 0) is 9.53 Å². The molecular weight excluding hydrogens is 233 g/mol. The molecule has 3 nitrogen and oxygen atoms in total. The van der Waals surface area contributed by atoms with Crippen LogP contribution >= 0.6 is 0 Å². The average molecular weight is 253 g/mol. The topological polar surface area (TPSA) is 38.3 Å². The summed E-state index contributed by atoms with van der Waals surface area (Å²) in [4.78, 5) is 11.9. The van der Waals surface area contributed by atoms with Crippen molar-refractivity contribution in [3.8, 4) is 0 Å². The van der Waals surface area contributed by atoms with E-state index in [1.165, 1.54) is 6.07 Å². The minimum Gasteiger partial charge on any atom is -0.465 e. The molecule has 0 aromatic heterocycles. The number of carbonyl (C=O) groups is 1. The Morgan fingerprint density at radius 3 is 2.61 bits per heavy atom. The third-order valence-corrected chi connectivity index (χ3v) is 2.55. The number of benzene rings is 1. The lowest BCUT2D eigenvalue weighted by Crippen LogP contribution is -2.35. The van der Waals surface area contributed by atoms with Crippen LogP contribution in [0.3, 0.4) is 0 Å². The van der Waals surface area contributed by atoms with E-state index in [4.69, 9.17) is 4.74 Å². The van der Waals surface area contributed by atoms with E-state index in [1.807, 2.05) is 13.8 Å². The lowest BCUT2D eigenvalue weighted by Gasteiger charge is -2.20. The van der Waals surface area contributed by atoms with Crippen molar-refractivity contribution in [1.82, 2.24) is 5.32 Å². The van der Waals surface area contributed by atoms with Gasteiger partial charge in [0.05, 0.1) is 6.61 Å². The SMILES string of the molecule is CCOC(=O)C(NC(C)C)c1ccc(C)c(F)c1. The standard InChI is InChI=1S/C14H20FNO2/c1-5-18-14(17)13(16-9(2)3)11-7-6-10(4)12(15)8-11/h6-9,13,16H,5H2,1-4H3. The van der Waals surface area contributed by atoms with Gasteiger partial charge in [-0.05, 0) is 44.9 Å². The molecule has 0 saturated heterocycles. The summed E-state index contributed by atoms with van der Waals surface area (Å²) in [6.07, 6.45) is 0. The largest absolute Gasteiger partial charge is 0.465 e. The summed E-state index contributed by atoms with van der Waals surface area (Å²) < 4.78 is 18.6. The van der Waals surface area contributed by atoms with Crippen LogP contribution in [0.5, 0.6) is 0 Å². The quantitative estimate of drug-likeness (QED) is 0.820. The zero-order valence-electron chi connectivity index (χ0n) is 11.3. The first-order valence-corrected chi connectivity index (χ1v) is 6.14. The summed E-state index contributed by atoms with van der Waals surface area (Å²) in [6, 6.07) is 4.27. The molecule has 100 valence electrons. The zero-order valence-corrected chi connectivity index (χ0v) is 11.3. The third-order valence-electron chi connectivity index (χ3n) is 2.55. The van der Waals surface area contributed by atoms with Crippen LogP contribution in [0.4, 0.5) is 4.39 Å². The second-order valence-corrected chi connectivity index (χ2v) is 4.52. The van der Waals surface area contributed by atoms with Gasteiger partial charge >= 0.3 is 5.97 Å². The predicted molar refractivity (Wildman–Crippen MR) is 68.8 cm³/mol. The van der Waals surface area contributed by atoms with Crippen LogP contribution in [0.1, 0.15) is 37.9 Å². The summed E-state index contributed by atoms with van der Waals surface area (Å²) in [7, 11) is 0. The van der Waals surface area contributed by atoms with E-state index in [-0.39, 0.29) is 17.8 Å². The summed E-state index contributed by atoms with van der Waals surface area (Å²) >= 11 is 0. The monoisotopic (exact) mass is 253 g/mol. The lowest BCUT2D eigenvalue weighted by atomic mass is 10.0. The maximum absolute atomic E-state index is 13.5. The average Bonchev–Trinajstić information content (AvgIpc) is 2.30. The molecule has 1 rings (SSSR count). The number of ether oxygens (including phenoxy) is 1. The van der Waals surface area contributed by atoms with Gasteiger partial charge in [0, 0.05) is 6.04 Å².